The maximum Gasteiger partial charge on any atom is 0.272 e. The molecule has 26 heavy (non-hydrogen) atoms. The van der Waals surface area contributed by atoms with E-state index in [9.17, 15) is 4.79 Å². The van der Waals surface area contributed by atoms with Crippen molar-refractivity contribution >= 4 is 5.91 Å². The van der Waals surface area contributed by atoms with Crippen LogP contribution in [0, 0.1) is 0 Å². The van der Waals surface area contributed by atoms with E-state index in [1.165, 1.54) is 0 Å². The lowest BCUT2D eigenvalue weighted by Crippen LogP contribution is -2.23. The summed E-state index contributed by atoms with van der Waals surface area (Å²) in [5.74, 6) is 1.74. The first-order valence-electron chi connectivity index (χ1n) is 8.02. The zero-order valence-corrected chi connectivity index (χ0v) is 13.8. The molecule has 1 aromatic carbocycles. The van der Waals surface area contributed by atoms with Gasteiger partial charge < -0.3 is 19.5 Å². The maximum atomic E-state index is 12.1. The van der Waals surface area contributed by atoms with Crippen LogP contribution in [-0.4, -0.2) is 27.9 Å². The summed E-state index contributed by atoms with van der Waals surface area (Å²) in [5, 5.41) is 9.62. The number of amides is 1. The minimum absolute atomic E-state index is 0.219. The van der Waals surface area contributed by atoms with Crippen molar-refractivity contribution in [3.8, 4) is 17.2 Å². The lowest BCUT2D eigenvalue weighted by molar-refractivity contribution is 0.0946. The molecule has 132 valence electrons. The molecule has 2 N–H and O–H groups in total. The molecule has 0 aliphatic carbocycles. The monoisotopic (exact) mass is 352 g/mol. The Morgan fingerprint density at radius 3 is 3.04 bits per heavy atom. The number of hydrogen-bond donors (Lipinski definition) is 2. The van der Waals surface area contributed by atoms with Gasteiger partial charge >= 0.3 is 0 Å². The lowest BCUT2D eigenvalue weighted by Gasteiger charge is -2.05. The number of nitrogens with one attached hydrogen (secondary N) is 2. The van der Waals surface area contributed by atoms with Crippen molar-refractivity contribution in [1.82, 2.24) is 20.5 Å². The van der Waals surface area contributed by atoms with E-state index < -0.39 is 0 Å². The van der Waals surface area contributed by atoms with E-state index in [2.05, 4.69) is 20.5 Å². The van der Waals surface area contributed by atoms with Crippen LogP contribution in [0.3, 0.4) is 0 Å². The molecular weight excluding hydrogens is 336 g/mol. The van der Waals surface area contributed by atoms with Gasteiger partial charge in [-0.15, -0.1) is 0 Å². The van der Waals surface area contributed by atoms with Gasteiger partial charge in [0.2, 0.25) is 6.79 Å². The molecule has 0 saturated carbocycles. The van der Waals surface area contributed by atoms with Gasteiger partial charge in [0, 0.05) is 25.0 Å². The molecule has 1 aliphatic heterocycles. The van der Waals surface area contributed by atoms with E-state index in [4.69, 9.17) is 14.2 Å². The summed E-state index contributed by atoms with van der Waals surface area (Å²) >= 11 is 0. The molecule has 0 bridgehead atoms. The second kappa shape index (κ2) is 7.14. The van der Waals surface area contributed by atoms with Crippen LogP contribution in [0.4, 0.5) is 0 Å². The Kier molecular flexibility index (Phi) is 4.38. The Bertz CT molecular complexity index is 911. The van der Waals surface area contributed by atoms with Crippen molar-refractivity contribution in [3.05, 3.63) is 65.7 Å². The molecule has 1 aliphatic rings. The Morgan fingerprint density at radius 2 is 2.15 bits per heavy atom. The second-order valence-electron chi connectivity index (χ2n) is 5.63. The molecule has 4 rings (SSSR count). The van der Waals surface area contributed by atoms with Gasteiger partial charge in [0.1, 0.15) is 18.1 Å². The fourth-order valence-corrected chi connectivity index (χ4v) is 2.46. The highest BCUT2D eigenvalue weighted by atomic mass is 16.7. The van der Waals surface area contributed by atoms with E-state index >= 15 is 0 Å². The lowest BCUT2D eigenvalue weighted by atomic mass is 10.3. The molecule has 0 saturated heterocycles. The second-order valence-corrected chi connectivity index (χ2v) is 5.63. The number of hydrogen-bond acceptors (Lipinski definition) is 6. The first kappa shape index (κ1) is 15.9. The molecule has 3 aromatic rings. The minimum atomic E-state index is -0.264. The normalized spacial score (nSPS) is 12.0. The first-order valence-corrected chi connectivity index (χ1v) is 8.02. The fraction of sp³-hybridized carbons (Fsp3) is 0.167. The summed E-state index contributed by atoms with van der Waals surface area (Å²) in [6.07, 6.45) is 3.39. The average molecular weight is 352 g/mol. The number of pyridine rings is 1. The Morgan fingerprint density at radius 1 is 1.23 bits per heavy atom. The van der Waals surface area contributed by atoms with E-state index in [1.54, 1.807) is 36.7 Å². The number of carbonyl (C=O) groups is 1. The number of H-pyrrole nitrogens is 1. The van der Waals surface area contributed by atoms with Crippen molar-refractivity contribution in [1.29, 1.82) is 0 Å². The number of aromatic nitrogens is 3. The third-order valence-electron chi connectivity index (χ3n) is 3.78. The number of benzene rings is 1. The van der Waals surface area contributed by atoms with Gasteiger partial charge in [0.05, 0.1) is 5.69 Å². The van der Waals surface area contributed by atoms with Crippen LogP contribution in [0.25, 0.3) is 0 Å². The highest BCUT2D eigenvalue weighted by Crippen LogP contribution is 2.35. The number of ether oxygens (including phenoxy) is 3. The third-order valence-corrected chi connectivity index (χ3v) is 3.78. The average Bonchev–Trinajstić information content (AvgIpc) is 3.34. The smallest absolute Gasteiger partial charge is 0.272 e. The highest BCUT2D eigenvalue weighted by Gasteiger charge is 2.14. The largest absolute Gasteiger partial charge is 0.487 e. The SMILES string of the molecule is O=C(NCc1cccnc1)c1cc(COc2ccc3c(c2)OCO3)[nH]n1. The van der Waals surface area contributed by atoms with Gasteiger partial charge in [0.15, 0.2) is 11.5 Å². The predicted octanol–water partition coefficient (Wildman–Crippen LogP) is 2.04. The molecule has 0 radical (unpaired) electrons. The summed E-state index contributed by atoms with van der Waals surface area (Å²) in [4.78, 5) is 16.2. The zero-order valence-electron chi connectivity index (χ0n) is 13.8. The summed E-state index contributed by atoms with van der Waals surface area (Å²) in [6.45, 7) is 0.863. The van der Waals surface area contributed by atoms with Crippen LogP contribution in [0.2, 0.25) is 0 Å². The highest BCUT2D eigenvalue weighted by molar-refractivity contribution is 5.92. The maximum absolute atomic E-state index is 12.1. The Hall–Kier alpha value is -3.55. The van der Waals surface area contributed by atoms with Crippen molar-refractivity contribution in [2.24, 2.45) is 0 Å². The summed E-state index contributed by atoms with van der Waals surface area (Å²) in [5.41, 5.74) is 1.91. The first-order chi connectivity index (χ1) is 12.8. The van der Waals surface area contributed by atoms with Crippen molar-refractivity contribution in [3.63, 3.8) is 0 Å². The van der Waals surface area contributed by atoms with Gasteiger partial charge in [-0.1, -0.05) is 6.07 Å². The molecule has 8 nitrogen and oxygen atoms in total. The van der Waals surface area contributed by atoms with Crippen LogP contribution >= 0.6 is 0 Å². The van der Waals surface area contributed by atoms with Crippen molar-refractivity contribution in [2.45, 2.75) is 13.2 Å². The van der Waals surface area contributed by atoms with Gasteiger partial charge in [0.25, 0.3) is 5.91 Å². The summed E-state index contributed by atoms with van der Waals surface area (Å²) < 4.78 is 16.3. The number of carbonyl (C=O) groups excluding carboxylic acids is 1. The number of aromatic amines is 1. The summed E-state index contributed by atoms with van der Waals surface area (Å²) in [7, 11) is 0. The van der Waals surface area contributed by atoms with Crippen LogP contribution in [0.5, 0.6) is 17.2 Å². The van der Waals surface area contributed by atoms with Crippen LogP contribution in [0.15, 0.2) is 48.8 Å². The molecule has 0 spiro atoms. The third kappa shape index (κ3) is 3.59. The Labute approximate surface area is 149 Å². The predicted molar refractivity (Wildman–Crippen MR) is 90.9 cm³/mol. The number of rotatable bonds is 6. The summed E-state index contributed by atoms with van der Waals surface area (Å²) in [6, 6.07) is 10.7. The molecule has 8 heteroatoms. The van der Waals surface area contributed by atoms with Crippen LogP contribution < -0.4 is 19.5 Å². The van der Waals surface area contributed by atoms with Gasteiger partial charge in [-0.05, 0) is 29.8 Å². The molecule has 3 heterocycles. The van der Waals surface area contributed by atoms with Crippen LogP contribution in [0.1, 0.15) is 21.7 Å². The minimum Gasteiger partial charge on any atom is -0.487 e. The molecule has 2 aromatic heterocycles. The van der Waals surface area contributed by atoms with Crippen molar-refractivity contribution in [2.75, 3.05) is 6.79 Å². The zero-order chi connectivity index (χ0) is 17.8. The quantitative estimate of drug-likeness (QED) is 0.704. The van der Waals surface area contributed by atoms with E-state index in [-0.39, 0.29) is 19.3 Å². The molecule has 1 amide bonds. The standard InChI is InChI=1S/C18H16N4O4/c23-18(20-9-12-2-1-5-19-8-12)15-6-13(21-22-15)10-24-14-3-4-16-17(7-14)26-11-25-16/h1-8H,9-11H2,(H,20,23)(H,21,22). The fourth-order valence-electron chi connectivity index (χ4n) is 2.46. The van der Waals surface area contributed by atoms with Crippen LogP contribution in [-0.2, 0) is 13.2 Å². The number of nitrogens with zero attached hydrogens (tertiary/aromatic N) is 2. The molecule has 0 unspecified atom stereocenters. The van der Waals surface area contributed by atoms with E-state index in [0.717, 1.165) is 5.56 Å². The molecular formula is C18H16N4O4. The van der Waals surface area contributed by atoms with E-state index in [1.807, 2.05) is 12.1 Å². The van der Waals surface area contributed by atoms with Gasteiger partial charge in [-0.25, -0.2) is 0 Å². The molecule has 0 atom stereocenters. The van der Waals surface area contributed by atoms with E-state index in [0.29, 0.717) is 35.2 Å². The molecule has 0 fully saturated rings. The number of fused-ring (bicyclic) bond motifs is 1. The van der Waals surface area contributed by atoms with Gasteiger partial charge in [-0.3, -0.25) is 14.9 Å². The van der Waals surface area contributed by atoms with Crippen molar-refractivity contribution < 1.29 is 19.0 Å². The Balaban J connectivity index is 1.32. The topological polar surface area (TPSA) is 98.4 Å². The van der Waals surface area contributed by atoms with Gasteiger partial charge in [-0.2, -0.15) is 5.10 Å².